The van der Waals surface area contributed by atoms with Crippen molar-refractivity contribution in [2.45, 2.75) is 12.8 Å². The van der Waals surface area contributed by atoms with Crippen LogP contribution in [-0.4, -0.2) is 41.7 Å². The number of carbonyl (C=O) groups excluding carboxylic acids is 1. The van der Waals surface area contributed by atoms with E-state index >= 15 is 0 Å². The van der Waals surface area contributed by atoms with Gasteiger partial charge in [-0.3, -0.25) is 4.79 Å². The Bertz CT molecular complexity index is 759. The molecule has 0 saturated heterocycles. The number of carboxylic acid groups (broad SMARTS) is 1. The third-order valence-corrected chi connectivity index (χ3v) is 4.31. The van der Waals surface area contributed by atoms with Crippen molar-refractivity contribution in [3.63, 3.8) is 0 Å². The molecule has 126 valence electrons. The standard InChI is InChI=1S/C16H16N2O5S/c19-15(17-5-4-14-18-11(9-24-14)16(20)21)10-2-3-12-13(8-10)23-7-1-6-22-12/h2-3,8-9H,1,4-7H2,(H,17,19)(H,20,21). The molecule has 8 heteroatoms. The molecule has 0 radical (unpaired) electrons. The van der Waals surface area contributed by atoms with Gasteiger partial charge in [-0.05, 0) is 18.2 Å². The zero-order valence-corrected chi connectivity index (χ0v) is 13.6. The fourth-order valence-electron chi connectivity index (χ4n) is 2.21. The summed E-state index contributed by atoms with van der Waals surface area (Å²) in [6.45, 7) is 1.54. The number of amides is 1. The van der Waals surface area contributed by atoms with Gasteiger partial charge in [-0.25, -0.2) is 9.78 Å². The molecule has 1 aromatic carbocycles. The van der Waals surface area contributed by atoms with Crippen LogP contribution in [0.25, 0.3) is 0 Å². The van der Waals surface area contributed by atoms with Gasteiger partial charge in [-0.1, -0.05) is 0 Å². The first-order valence-electron chi connectivity index (χ1n) is 7.49. The number of hydrogen-bond donors (Lipinski definition) is 2. The fourth-order valence-corrected chi connectivity index (χ4v) is 2.99. The molecular formula is C16H16N2O5S. The van der Waals surface area contributed by atoms with Gasteiger partial charge in [0.05, 0.1) is 18.2 Å². The maximum atomic E-state index is 12.2. The van der Waals surface area contributed by atoms with E-state index in [0.29, 0.717) is 48.2 Å². The molecule has 2 aromatic rings. The Balaban J connectivity index is 1.56. The molecule has 1 aromatic heterocycles. The number of nitrogens with one attached hydrogen (secondary N) is 1. The summed E-state index contributed by atoms with van der Waals surface area (Å²) in [6, 6.07) is 5.09. The van der Waals surface area contributed by atoms with Gasteiger partial charge in [-0.15, -0.1) is 11.3 Å². The molecule has 7 nitrogen and oxygen atoms in total. The molecule has 0 bridgehead atoms. The van der Waals surface area contributed by atoms with Crippen LogP contribution in [0.1, 0.15) is 32.3 Å². The number of nitrogens with zero attached hydrogens (tertiary/aromatic N) is 1. The van der Waals surface area contributed by atoms with Gasteiger partial charge in [0.2, 0.25) is 0 Å². The number of hydrogen-bond acceptors (Lipinski definition) is 6. The number of aromatic carboxylic acids is 1. The van der Waals surface area contributed by atoms with Crippen molar-refractivity contribution in [1.82, 2.24) is 10.3 Å². The van der Waals surface area contributed by atoms with Gasteiger partial charge in [0, 0.05) is 30.3 Å². The zero-order valence-electron chi connectivity index (χ0n) is 12.8. The topological polar surface area (TPSA) is 97.8 Å². The first kappa shape index (κ1) is 16.3. The first-order chi connectivity index (χ1) is 11.6. The number of fused-ring (bicyclic) bond motifs is 1. The van der Waals surface area contributed by atoms with E-state index in [1.165, 1.54) is 16.7 Å². The normalized spacial score (nSPS) is 13.2. The number of ether oxygens (including phenoxy) is 2. The highest BCUT2D eigenvalue weighted by atomic mass is 32.1. The molecule has 24 heavy (non-hydrogen) atoms. The summed E-state index contributed by atoms with van der Waals surface area (Å²) in [5.41, 5.74) is 0.522. The lowest BCUT2D eigenvalue weighted by Gasteiger charge is -2.09. The SMILES string of the molecule is O=C(NCCc1nc(C(=O)O)cs1)c1ccc2c(c1)OCCCO2. The predicted molar refractivity (Wildman–Crippen MR) is 87.2 cm³/mol. The Kier molecular flexibility index (Phi) is 4.95. The highest BCUT2D eigenvalue weighted by Crippen LogP contribution is 2.30. The quantitative estimate of drug-likeness (QED) is 0.857. The summed E-state index contributed by atoms with van der Waals surface area (Å²) in [4.78, 5) is 27.0. The minimum atomic E-state index is -1.05. The van der Waals surface area contributed by atoms with E-state index in [2.05, 4.69) is 10.3 Å². The number of carbonyl (C=O) groups is 2. The van der Waals surface area contributed by atoms with Crippen LogP contribution in [0.15, 0.2) is 23.6 Å². The molecule has 0 aliphatic carbocycles. The molecule has 3 rings (SSSR count). The number of thiazole rings is 1. The van der Waals surface area contributed by atoms with E-state index in [0.717, 1.165) is 6.42 Å². The second kappa shape index (κ2) is 7.31. The van der Waals surface area contributed by atoms with Gasteiger partial charge in [-0.2, -0.15) is 0 Å². The lowest BCUT2D eigenvalue weighted by atomic mass is 10.2. The van der Waals surface area contributed by atoms with Crippen LogP contribution in [0.3, 0.4) is 0 Å². The van der Waals surface area contributed by atoms with Crippen molar-refractivity contribution in [1.29, 1.82) is 0 Å². The number of rotatable bonds is 5. The summed E-state index contributed by atoms with van der Waals surface area (Å²) in [5.74, 6) is -0.0476. The zero-order chi connectivity index (χ0) is 16.9. The highest BCUT2D eigenvalue weighted by Gasteiger charge is 2.14. The molecule has 0 unspecified atom stereocenters. The van der Waals surface area contributed by atoms with Crippen molar-refractivity contribution in [3.8, 4) is 11.5 Å². The molecule has 0 atom stereocenters. The molecule has 1 amide bonds. The molecule has 1 aliphatic rings. The van der Waals surface area contributed by atoms with E-state index in [9.17, 15) is 9.59 Å². The second-order valence-electron chi connectivity index (χ2n) is 5.15. The van der Waals surface area contributed by atoms with E-state index in [-0.39, 0.29) is 11.6 Å². The minimum Gasteiger partial charge on any atom is -0.490 e. The molecule has 0 fully saturated rings. The largest absolute Gasteiger partial charge is 0.490 e. The fraction of sp³-hybridized carbons (Fsp3) is 0.312. The Labute approximate surface area is 142 Å². The van der Waals surface area contributed by atoms with Crippen LogP contribution in [0.5, 0.6) is 11.5 Å². The lowest BCUT2D eigenvalue weighted by Crippen LogP contribution is -2.25. The molecular weight excluding hydrogens is 332 g/mol. The second-order valence-corrected chi connectivity index (χ2v) is 6.09. The lowest BCUT2D eigenvalue weighted by molar-refractivity contribution is 0.0690. The smallest absolute Gasteiger partial charge is 0.355 e. The van der Waals surface area contributed by atoms with Crippen LogP contribution >= 0.6 is 11.3 Å². The van der Waals surface area contributed by atoms with Crippen LogP contribution in [0, 0.1) is 0 Å². The van der Waals surface area contributed by atoms with Gasteiger partial charge >= 0.3 is 5.97 Å². The number of benzene rings is 1. The molecule has 0 saturated carbocycles. The van der Waals surface area contributed by atoms with Crippen molar-refractivity contribution < 1.29 is 24.2 Å². The van der Waals surface area contributed by atoms with Crippen molar-refractivity contribution in [3.05, 3.63) is 39.8 Å². The summed E-state index contributed by atoms with van der Waals surface area (Å²) in [7, 11) is 0. The van der Waals surface area contributed by atoms with Gasteiger partial charge in [0.1, 0.15) is 0 Å². The van der Waals surface area contributed by atoms with E-state index in [1.807, 2.05) is 0 Å². The average Bonchev–Trinajstić information content (AvgIpc) is 2.92. The minimum absolute atomic E-state index is 0.0317. The van der Waals surface area contributed by atoms with Crippen molar-refractivity contribution in [2.75, 3.05) is 19.8 Å². The monoisotopic (exact) mass is 348 g/mol. The van der Waals surface area contributed by atoms with Crippen molar-refractivity contribution >= 4 is 23.2 Å². The van der Waals surface area contributed by atoms with Gasteiger partial charge in [0.15, 0.2) is 17.2 Å². The van der Waals surface area contributed by atoms with Gasteiger partial charge in [0.25, 0.3) is 5.91 Å². The van der Waals surface area contributed by atoms with Crippen molar-refractivity contribution in [2.24, 2.45) is 0 Å². The first-order valence-corrected chi connectivity index (χ1v) is 8.37. The molecule has 2 N–H and O–H groups in total. The van der Waals surface area contributed by atoms with Crippen LogP contribution < -0.4 is 14.8 Å². The third-order valence-electron chi connectivity index (χ3n) is 3.40. The maximum Gasteiger partial charge on any atom is 0.355 e. The summed E-state index contributed by atoms with van der Waals surface area (Å²) in [5, 5.41) is 13.8. The summed E-state index contributed by atoms with van der Waals surface area (Å²) in [6.07, 6.45) is 1.29. The Morgan fingerprint density at radius 2 is 2.04 bits per heavy atom. The van der Waals surface area contributed by atoms with E-state index < -0.39 is 5.97 Å². The maximum absolute atomic E-state index is 12.2. The Hall–Kier alpha value is -2.61. The molecule has 1 aliphatic heterocycles. The number of aromatic nitrogens is 1. The molecule has 0 spiro atoms. The Morgan fingerprint density at radius 3 is 2.79 bits per heavy atom. The van der Waals surface area contributed by atoms with Crippen LogP contribution in [0.2, 0.25) is 0 Å². The number of carboxylic acids is 1. The average molecular weight is 348 g/mol. The summed E-state index contributed by atoms with van der Waals surface area (Å²) >= 11 is 1.27. The van der Waals surface area contributed by atoms with E-state index in [4.69, 9.17) is 14.6 Å². The highest BCUT2D eigenvalue weighted by molar-refractivity contribution is 7.09. The molecule has 2 heterocycles. The third kappa shape index (κ3) is 3.83. The van der Waals surface area contributed by atoms with Crippen LogP contribution in [-0.2, 0) is 6.42 Å². The Morgan fingerprint density at radius 1 is 1.25 bits per heavy atom. The summed E-state index contributed by atoms with van der Waals surface area (Å²) < 4.78 is 11.1. The predicted octanol–water partition coefficient (Wildman–Crippen LogP) is 1.98. The van der Waals surface area contributed by atoms with Gasteiger partial charge < -0.3 is 19.9 Å². The van der Waals surface area contributed by atoms with Crippen LogP contribution in [0.4, 0.5) is 0 Å². The van der Waals surface area contributed by atoms with E-state index in [1.54, 1.807) is 18.2 Å².